The number of carbonyl (C=O) groups excluding carboxylic acids is 1. The van der Waals surface area contributed by atoms with Gasteiger partial charge in [-0.2, -0.15) is 0 Å². The van der Waals surface area contributed by atoms with Crippen molar-refractivity contribution in [1.29, 1.82) is 0 Å². The van der Waals surface area contributed by atoms with E-state index in [1.54, 1.807) is 32.4 Å². The second-order valence-corrected chi connectivity index (χ2v) is 5.41. The summed E-state index contributed by atoms with van der Waals surface area (Å²) in [5, 5.41) is 3.14. The van der Waals surface area contributed by atoms with Crippen LogP contribution in [-0.2, 0) is 0 Å². The van der Waals surface area contributed by atoms with Gasteiger partial charge in [-0.3, -0.25) is 4.79 Å². The van der Waals surface area contributed by atoms with Gasteiger partial charge in [-0.05, 0) is 37.0 Å². The highest BCUT2D eigenvalue weighted by molar-refractivity contribution is 5.95. The minimum atomic E-state index is -0.0373. The summed E-state index contributed by atoms with van der Waals surface area (Å²) in [6.45, 7) is 2.21. The molecule has 0 spiro atoms. The second-order valence-electron chi connectivity index (χ2n) is 5.41. The zero-order chi connectivity index (χ0) is 14.5. The van der Waals surface area contributed by atoms with Crippen LogP contribution in [0.2, 0.25) is 0 Å². The SMILES string of the molecule is COc1ccc(C(=O)NC2CCCCC2C)cc1OC. The predicted octanol–water partition coefficient (Wildman–Crippen LogP) is 3.01. The molecule has 20 heavy (non-hydrogen) atoms. The maximum absolute atomic E-state index is 12.3. The Hall–Kier alpha value is -1.71. The molecule has 4 nitrogen and oxygen atoms in total. The highest BCUT2D eigenvalue weighted by Gasteiger charge is 2.23. The van der Waals surface area contributed by atoms with E-state index < -0.39 is 0 Å². The van der Waals surface area contributed by atoms with E-state index >= 15 is 0 Å². The fourth-order valence-corrected chi connectivity index (χ4v) is 2.76. The van der Waals surface area contributed by atoms with Gasteiger partial charge in [0, 0.05) is 11.6 Å². The van der Waals surface area contributed by atoms with Crippen LogP contribution in [0.1, 0.15) is 43.0 Å². The van der Waals surface area contributed by atoms with Crippen molar-refractivity contribution in [3.63, 3.8) is 0 Å². The monoisotopic (exact) mass is 277 g/mol. The van der Waals surface area contributed by atoms with Crippen LogP contribution in [0, 0.1) is 5.92 Å². The average Bonchev–Trinajstić information content (AvgIpc) is 2.48. The molecule has 1 amide bonds. The smallest absolute Gasteiger partial charge is 0.251 e. The summed E-state index contributed by atoms with van der Waals surface area (Å²) in [6, 6.07) is 5.54. The first-order valence-corrected chi connectivity index (χ1v) is 7.18. The molecule has 0 aromatic heterocycles. The van der Waals surface area contributed by atoms with Crippen molar-refractivity contribution in [2.45, 2.75) is 38.6 Å². The number of amides is 1. The normalized spacial score (nSPS) is 22.1. The number of benzene rings is 1. The van der Waals surface area contributed by atoms with E-state index in [9.17, 15) is 4.79 Å². The summed E-state index contributed by atoms with van der Waals surface area (Å²) in [5.74, 6) is 1.73. The highest BCUT2D eigenvalue weighted by Crippen LogP contribution is 2.28. The first-order valence-electron chi connectivity index (χ1n) is 7.18. The van der Waals surface area contributed by atoms with Gasteiger partial charge in [0.05, 0.1) is 14.2 Å². The van der Waals surface area contributed by atoms with E-state index in [0.29, 0.717) is 23.0 Å². The Bertz CT molecular complexity index is 473. The molecular weight excluding hydrogens is 254 g/mol. The van der Waals surface area contributed by atoms with Gasteiger partial charge in [0.15, 0.2) is 11.5 Å². The van der Waals surface area contributed by atoms with Gasteiger partial charge in [0.1, 0.15) is 0 Å². The number of nitrogens with one attached hydrogen (secondary N) is 1. The van der Waals surface area contributed by atoms with Gasteiger partial charge in [0.25, 0.3) is 5.91 Å². The summed E-state index contributed by atoms with van der Waals surface area (Å²) in [7, 11) is 3.16. The number of methoxy groups -OCH3 is 2. The number of ether oxygens (including phenoxy) is 2. The molecule has 2 rings (SSSR count). The molecular formula is C16H23NO3. The topological polar surface area (TPSA) is 47.6 Å². The summed E-state index contributed by atoms with van der Waals surface area (Å²) in [6.07, 6.45) is 4.72. The Kier molecular flexibility index (Phi) is 4.88. The lowest BCUT2D eigenvalue weighted by atomic mass is 9.86. The Balaban J connectivity index is 2.08. The molecule has 110 valence electrons. The van der Waals surface area contributed by atoms with Gasteiger partial charge >= 0.3 is 0 Å². The van der Waals surface area contributed by atoms with E-state index in [4.69, 9.17) is 9.47 Å². The molecule has 1 N–H and O–H groups in total. The minimum Gasteiger partial charge on any atom is -0.493 e. The summed E-state index contributed by atoms with van der Waals surface area (Å²) in [5.41, 5.74) is 0.612. The fraction of sp³-hybridized carbons (Fsp3) is 0.562. The standard InChI is InChI=1S/C16H23NO3/c1-11-6-4-5-7-13(11)17-16(18)12-8-9-14(19-2)15(10-12)20-3/h8-11,13H,4-7H2,1-3H3,(H,17,18). The van der Waals surface area contributed by atoms with Gasteiger partial charge in [0.2, 0.25) is 0 Å². The van der Waals surface area contributed by atoms with Crippen molar-refractivity contribution < 1.29 is 14.3 Å². The Morgan fingerprint density at radius 2 is 1.85 bits per heavy atom. The van der Waals surface area contributed by atoms with Crippen LogP contribution in [0.15, 0.2) is 18.2 Å². The third-order valence-electron chi connectivity index (χ3n) is 4.07. The zero-order valence-corrected chi connectivity index (χ0v) is 12.4. The van der Waals surface area contributed by atoms with Crippen LogP contribution in [0.25, 0.3) is 0 Å². The molecule has 1 aromatic carbocycles. The third-order valence-corrected chi connectivity index (χ3v) is 4.07. The molecule has 1 fully saturated rings. The van der Waals surface area contributed by atoms with Crippen molar-refractivity contribution in [3.05, 3.63) is 23.8 Å². The molecule has 4 heteroatoms. The lowest BCUT2D eigenvalue weighted by Crippen LogP contribution is -2.41. The number of hydrogen-bond donors (Lipinski definition) is 1. The average molecular weight is 277 g/mol. The Morgan fingerprint density at radius 1 is 1.15 bits per heavy atom. The summed E-state index contributed by atoms with van der Waals surface area (Å²) in [4.78, 5) is 12.3. The molecule has 2 unspecified atom stereocenters. The van der Waals surface area contributed by atoms with E-state index in [1.807, 2.05) is 0 Å². The first-order chi connectivity index (χ1) is 9.65. The van der Waals surface area contributed by atoms with Crippen molar-refractivity contribution in [2.75, 3.05) is 14.2 Å². The van der Waals surface area contributed by atoms with Crippen LogP contribution < -0.4 is 14.8 Å². The van der Waals surface area contributed by atoms with Crippen LogP contribution in [-0.4, -0.2) is 26.2 Å². The molecule has 1 saturated carbocycles. The summed E-state index contributed by atoms with van der Waals surface area (Å²) < 4.78 is 10.4. The van der Waals surface area contributed by atoms with Crippen molar-refractivity contribution in [2.24, 2.45) is 5.92 Å². The van der Waals surface area contributed by atoms with E-state index in [2.05, 4.69) is 12.2 Å². The second kappa shape index (κ2) is 6.64. The minimum absolute atomic E-state index is 0.0373. The maximum atomic E-state index is 12.3. The van der Waals surface area contributed by atoms with Gasteiger partial charge < -0.3 is 14.8 Å². The van der Waals surface area contributed by atoms with E-state index in [-0.39, 0.29) is 11.9 Å². The molecule has 0 radical (unpaired) electrons. The van der Waals surface area contributed by atoms with E-state index in [0.717, 1.165) is 6.42 Å². The van der Waals surface area contributed by atoms with Gasteiger partial charge in [-0.25, -0.2) is 0 Å². The number of carbonyl (C=O) groups is 1. The van der Waals surface area contributed by atoms with Gasteiger partial charge in [-0.15, -0.1) is 0 Å². The largest absolute Gasteiger partial charge is 0.493 e. The predicted molar refractivity (Wildman–Crippen MR) is 78.4 cm³/mol. The van der Waals surface area contributed by atoms with Crippen LogP contribution in [0.5, 0.6) is 11.5 Å². The molecule has 1 aliphatic rings. The Morgan fingerprint density at radius 3 is 2.50 bits per heavy atom. The first kappa shape index (κ1) is 14.7. The lowest BCUT2D eigenvalue weighted by Gasteiger charge is -2.29. The van der Waals surface area contributed by atoms with Crippen molar-refractivity contribution in [3.8, 4) is 11.5 Å². The fourth-order valence-electron chi connectivity index (χ4n) is 2.76. The van der Waals surface area contributed by atoms with Crippen molar-refractivity contribution in [1.82, 2.24) is 5.32 Å². The molecule has 0 heterocycles. The number of hydrogen-bond acceptors (Lipinski definition) is 3. The molecule has 1 aliphatic carbocycles. The van der Waals surface area contributed by atoms with Crippen molar-refractivity contribution >= 4 is 5.91 Å². The third kappa shape index (κ3) is 3.24. The lowest BCUT2D eigenvalue weighted by molar-refractivity contribution is 0.0910. The van der Waals surface area contributed by atoms with Crippen LogP contribution in [0.3, 0.4) is 0 Å². The zero-order valence-electron chi connectivity index (χ0n) is 12.4. The molecule has 2 atom stereocenters. The molecule has 0 saturated heterocycles. The number of rotatable bonds is 4. The molecule has 1 aromatic rings. The van der Waals surface area contributed by atoms with Crippen LogP contribution >= 0.6 is 0 Å². The van der Waals surface area contributed by atoms with Gasteiger partial charge in [-0.1, -0.05) is 19.8 Å². The van der Waals surface area contributed by atoms with Crippen LogP contribution in [0.4, 0.5) is 0 Å². The highest BCUT2D eigenvalue weighted by atomic mass is 16.5. The molecule has 0 bridgehead atoms. The maximum Gasteiger partial charge on any atom is 0.251 e. The summed E-state index contributed by atoms with van der Waals surface area (Å²) >= 11 is 0. The Labute approximate surface area is 120 Å². The quantitative estimate of drug-likeness (QED) is 0.920. The molecule has 0 aliphatic heterocycles. The van der Waals surface area contributed by atoms with E-state index in [1.165, 1.54) is 19.3 Å².